The summed E-state index contributed by atoms with van der Waals surface area (Å²) >= 11 is 0. The molecule has 5 rings (SSSR count). The molecule has 0 radical (unpaired) electrons. The van der Waals surface area contributed by atoms with Gasteiger partial charge in [-0.15, -0.1) is 5.10 Å². The highest BCUT2D eigenvalue weighted by atomic mass is 19.1. The Morgan fingerprint density at radius 1 is 1.24 bits per heavy atom. The molecule has 1 unspecified atom stereocenters. The Kier molecular flexibility index (Phi) is 5.74. The number of hydrogen-bond donors (Lipinski definition) is 2. The van der Waals surface area contributed by atoms with Crippen LogP contribution in [0.1, 0.15) is 37.3 Å². The monoisotopic (exact) mass is 469 g/mol. The van der Waals surface area contributed by atoms with E-state index in [0.29, 0.717) is 17.0 Å². The van der Waals surface area contributed by atoms with E-state index in [2.05, 4.69) is 32.6 Å². The first-order valence-electron chi connectivity index (χ1n) is 11.1. The first-order valence-corrected chi connectivity index (χ1v) is 11.1. The van der Waals surface area contributed by atoms with Gasteiger partial charge in [0.1, 0.15) is 22.8 Å². The Hall–Kier alpha value is -3.44. The molecule has 0 amide bonds. The second kappa shape index (κ2) is 8.73. The number of halogens is 2. The Balaban J connectivity index is 1.56. The van der Waals surface area contributed by atoms with E-state index in [-0.39, 0.29) is 16.8 Å². The maximum Gasteiger partial charge on any atom is 0.172 e. The molecule has 0 aromatic carbocycles. The molecule has 2 N–H and O–H groups in total. The lowest BCUT2D eigenvalue weighted by molar-refractivity contribution is 0.114. The number of piperidine rings is 1. The number of nitrogens with zero attached hydrogens (tertiary/aromatic N) is 6. The van der Waals surface area contributed by atoms with Crippen molar-refractivity contribution in [3.8, 4) is 17.0 Å². The van der Waals surface area contributed by atoms with E-state index in [1.54, 1.807) is 12.3 Å². The summed E-state index contributed by atoms with van der Waals surface area (Å²) in [5, 5.41) is 26.2. The summed E-state index contributed by atoms with van der Waals surface area (Å²) < 4.78 is 37.2. The van der Waals surface area contributed by atoms with Crippen molar-refractivity contribution in [3.63, 3.8) is 0 Å². The molecule has 1 fully saturated rings. The van der Waals surface area contributed by atoms with Gasteiger partial charge in [-0.2, -0.15) is 5.10 Å². The fourth-order valence-corrected chi connectivity index (χ4v) is 4.48. The lowest BCUT2D eigenvalue weighted by atomic mass is 9.90. The van der Waals surface area contributed by atoms with Gasteiger partial charge in [-0.05, 0) is 58.0 Å². The molecule has 0 bridgehead atoms. The van der Waals surface area contributed by atoms with Crippen LogP contribution in [0.2, 0.25) is 0 Å². The van der Waals surface area contributed by atoms with E-state index in [1.807, 2.05) is 11.6 Å². The van der Waals surface area contributed by atoms with Gasteiger partial charge in [0.05, 0.1) is 35.9 Å². The Labute approximate surface area is 194 Å². The summed E-state index contributed by atoms with van der Waals surface area (Å²) in [5.74, 6) is -0.930. The Morgan fingerprint density at radius 3 is 2.74 bits per heavy atom. The van der Waals surface area contributed by atoms with Gasteiger partial charge in [0.15, 0.2) is 11.9 Å². The fraction of sp³-hybridized carbons (Fsp3) is 0.391. The van der Waals surface area contributed by atoms with Crippen molar-refractivity contribution in [2.24, 2.45) is 0 Å². The number of aliphatic hydroxyl groups is 1. The third-order valence-corrected chi connectivity index (χ3v) is 6.41. The zero-order chi connectivity index (χ0) is 23.9. The predicted molar refractivity (Wildman–Crippen MR) is 119 cm³/mol. The van der Waals surface area contributed by atoms with Crippen LogP contribution in [-0.2, 0) is 5.54 Å². The van der Waals surface area contributed by atoms with Crippen LogP contribution in [0, 0.1) is 18.6 Å². The number of fused-ring (bicyclic) bond motifs is 1. The van der Waals surface area contributed by atoms with Crippen molar-refractivity contribution in [1.82, 2.24) is 34.9 Å². The summed E-state index contributed by atoms with van der Waals surface area (Å²) in [5.41, 5.74) is 2.41. The summed E-state index contributed by atoms with van der Waals surface area (Å²) in [7, 11) is 0. The fourth-order valence-electron chi connectivity index (χ4n) is 4.48. The number of hydrogen-bond acceptors (Lipinski definition) is 7. The van der Waals surface area contributed by atoms with Gasteiger partial charge in [-0.1, -0.05) is 5.21 Å². The molecular weight excluding hydrogens is 444 g/mol. The smallest absolute Gasteiger partial charge is 0.172 e. The van der Waals surface area contributed by atoms with E-state index < -0.39 is 24.3 Å². The van der Waals surface area contributed by atoms with Crippen molar-refractivity contribution < 1.29 is 18.6 Å². The number of aromatic nitrogens is 6. The number of ether oxygens (including phenoxy) is 1. The van der Waals surface area contributed by atoms with Crippen LogP contribution in [0.5, 0.6) is 5.75 Å². The van der Waals surface area contributed by atoms with E-state index in [4.69, 9.17) is 4.74 Å². The normalized spacial score (nSPS) is 16.6. The van der Waals surface area contributed by atoms with Crippen molar-refractivity contribution in [3.05, 3.63) is 59.8 Å². The standard InChI is InChI=1S/C23H25F2N7O2/c1-14-21(29-30-32(14)23(2)5-7-26-8-6-23)15-9-19(22-17(25)11-28-31(22)12-15)34-20(13-33)18-4-3-16(24)10-27-18/h3-4,9-12,20,26,33H,5-8,13H2,1-2H3. The summed E-state index contributed by atoms with van der Waals surface area (Å²) in [6.45, 7) is 5.49. The number of nitrogens with one attached hydrogen (secondary N) is 1. The Morgan fingerprint density at radius 2 is 2.03 bits per heavy atom. The summed E-state index contributed by atoms with van der Waals surface area (Å²) in [6, 6.07) is 4.29. The number of pyridine rings is 2. The largest absolute Gasteiger partial charge is 0.479 e. The highest BCUT2D eigenvalue weighted by Gasteiger charge is 2.32. The van der Waals surface area contributed by atoms with Crippen LogP contribution in [-0.4, -0.2) is 54.4 Å². The molecule has 1 atom stereocenters. The molecule has 1 aliphatic heterocycles. The highest BCUT2D eigenvalue weighted by molar-refractivity contribution is 5.70. The third-order valence-electron chi connectivity index (χ3n) is 6.41. The van der Waals surface area contributed by atoms with E-state index in [0.717, 1.165) is 44.0 Å². The quantitative estimate of drug-likeness (QED) is 0.448. The van der Waals surface area contributed by atoms with E-state index >= 15 is 0 Å². The minimum absolute atomic E-state index is 0.111. The van der Waals surface area contributed by atoms with Gasteiger partial charge in [0.2, 0.25) is 0 Å². The minimum Gasteiger partial charge on any atom is -0.479 e. The van der Waals surface area contributed by atoms with Crippen molar-refractivity contribution in [2.45, 2.75) is 38.3 Å². The Bertz CT molecular complexity index is 1310. The maximum absolute atomic E-state index is 14.6. The van der Waals surface area contributed by atoms with Crippen LogP contribution in [0.4, 0.5) is 8.78 Å². The molecule has 0 spiro atoms. The van der Waals surface area contributed by atoms with Crippen molar-refractivity contribution >= 4 is 5.52 Å². The predicted octanol–water partition coefficient (Wildman–Crippen LogP) is 2.79. The van der Waals surface area contributed by atoms with Crippen LogP contribution in [0.15, 0.2) is 36.8 Å². The number of aliphatic hydroxyl groups excluding tert-OH is 1. The molecule has 1 aliphatic rings. The molecule has 4 aromatic heterocycles. The van der Waals surface area contributed by atoms with Gasteiger partial charge in [-0.3, -0.25) is 4.98 Å². The van der Waals surface area contributed by atoms with Crippen molar-refractivity contribution in [2.75, 3.05) is 19.7 Å². The zero-order valence-corrected chi connectivity index (χ0v) is 18.9. The minimum atomic E-state index is -0.931. The third kappa shape index (κ3) is 3.90. The molecular formula is C23H25F2N7O2. The first kappa shape index (κ1) is 22.4. The molecule has 178 valence electrons. The zero-order valence-electron chi connectivity index (χ0n) is 18.9. The topological polar surface area (TPSA) is 102 Å². The van der Waals surface area contributed by atoms with Crippen LogP contribution in [0.25, 0.3) is 16.8 Å². The van der Waals surface area contributed by atoms with E-state index in [1.165, 1.54) is 16.6 Å². The summed E-state index contributed by atoms with van der Waals surface area (Å²) in [6.07, 6.45) is 4.72. The molecule has 5 heterocycles. The van der Waals surface area contributed by atoms with Gasteiger partial charge in [-0.25, -0.2) is 18.0 Å². The maximum atomic E-state index is 14.6. The van der Waals surface area contributed by atoms with Crippen LogP contribution < -0.4 is 10.1 Å². The summed E-state index contributed by atoms with van der Waals surface area (Å²) in [4.78, 5) is 3.99. The molecule has 1 saturated heterocycles. The van der Waals surface area contributed by atoms with Crippen LogP contribution >= 0.6 is 0 Å². The van der Waals surface area contributed by atoms with E-state index in [9.17, 15) is 13.9 Å². The molecule has 11 heteroatoms. The average molecular weight is 469 g/mol. The van der Waals surface area contributed by atoms with Crippen molar-refractivity contribution in [1.29, 1.82) is 0 Å². The molecule has 0 saturated carbocycles. The molecule has 4 aromatic rings. The lowest BCUT2D eigenvalue weighted by Crippen LogP contribution is -2.43. The molecule has 0 aliphatic carbocycles. The van der Waals surface area contributed by atoms with Gasteiger partial charge in [0.25, 0.3) is 0 Å². The lowest BCUT2D eigenvalue weighted by Gasteiger charge is -2.34. The van der Waals surface area contributed by atoms with Gasteiger partial charge in [0, 0.05) is 11.8 Å². The molecule has 34 heavy (non-hydrogen) atoms. The van der Waals surface area contributed by atoms with Gasteiger partial charge < -0.3 is 15.2 Å². The first-order chi connectivity index (χ1) is 16.4. The molecule has 9 nitrogen and oxygen atoms in total. The van der Waals surface area contributed by atoms with Gasteiger partial charge >= 0.3 is 0 Å². The second-order valence-corrected chi connectivity index (χ2v) is 8.75. The van der Waals surface area contributed by atoms with Crippen LogP contribution in [0.3, 0.4) is 0 Å². The second-order valence-electron chi connectivity index (χ2n) is 8.75. The SMILES string of the molecule is Cc1c(-c2cc(OC(CO)c3ccc(F)cn3)c3c(F)cnn3c2)nnn1C1(C)CCNCC1. The average Bonchev–Trinajstić information content (AvgIpc) is 3.41. The number of rotatable bonds is 6. The highest BCUT2D eigenvalue weighted by Crippen LogP contribution is 2.35.